The first-order valence-corrected chi connectivity index (χ1v) is 8.37. The zero-order valence-corrected chi connectivity index (χ0v) is 14.3. The molecule has 0 bridgehead atoms. The van der Waals surface area contributed by atoms with Crippen LogP contribution in [0.15, 0.2) is 24.3 Å². The maximum Gasteiger partial charge on any atom is 0.325 e. The lowest BCUT2D eigenvalue weighted by atomic mass is 9.96. The highest BCUT2D eigenvalue weighted by Gasteiger charge is 2.56. The summed E-state index contributed by atoms with van der Waals surface area (Å²) in [6, 6.07) is 6.10. The highest BCUT2D eigenvalue weighted by molar-refractivity contribution is 6.07. The quantitative estimate of drug-likeness (QED) is 0.574. The summed E-state index contributed by atoms with van der Waals surface area (Å²) in [4.78, 5) is 36.8. The minimum atomic E-state index is -0.997. The summed E-state index contributed by atoms with van der Waals surface area (Å²) in [6.45, 7) is 3.05. The summed E-state index contributed by atoms with van der Waals surface area (Å²) in [7, 11) is 0. The molecular formula is C18H22N2O5. The van der Waals surface area contributed by atoms with Gasteiger partial charge in [0.15, 0.2) is 5.78 Å². The first-order valence-electron chi connectivity index (χ1n) is 8.37. The molecule has 7 heteroatoms. The van der Waals surface area contributed by atoms with Crippen molar-refractivity contribution < 1.29 is 24.2 Å². The molecular weight excluding hydrogens is 324 g/mol. The number of ketones is 1. The Morgan fingerprint density at radius 3 is 2.56 bits per heavy atom. The maximum atomic E-state index is 12.5. The van der Waals surface area contributed by atoms with Gasteiger partial charge in [0.25, 0.3) is 5.91 Å². The highest BCUT2D eigenvalue weighted by Crippen LogP contribution is 2.42. The van der Waals surface area contributed by atoms with E-state index in [0.29, 0.717) is 11.3 Å². The van der Waals surface area contributed by atoms with Gasteiger partial charge in [-0.1, -0.05) is 0 Å². The molecule has 3 amide bonds. The third-order valence-corrected chi connectivity index (χ3v) is 4.79. The number of amides is 3. The van der Waals surface area contributed by atoms with Crippen LogP contribution in [0.1, 0.15) is 37.0 Å². The number of aliphatic hydroxyl groups is 1. The Labute approximate surface area is 146 Å². The summed E-state index contributed by atoms with van der Waals surface area (Å²) in [6.07, 6.45) is 0.861. The molecule has 25 heavy (non-hydrogen) atoms. The van der Waals surface area contributed by atoms with Crippen molar-refractivity contribution in [3.63, 3.8) is 0 Å². The van der Waals surface area contributed by atoms with Gasteiger partial charge in [-0.2, -0.15) is 0 Å². The van der Waals surface area contributed by atoms with Crippen LogP contribution in [0.3, 0.4) is 0 Å². The van der Waals surface area contributed by atoms with Gasteiger partial charge >= 0.3 is 6.03 Å². The van der Waals surface area contributed by atoms with Crippen LogP contribution in [-0.2, 0) is 4.79 Å². The zero-order chi connectivity index (χ0) is 18.2. The average Bonchev–Trinajstić information content (AvgIpc) is 3.39. The van der Waals surface area contributed by atoms with E-state index >= 15 is 0 Å². The van der Waals surface area contributed by atoms with Gasteiger partial charge in [-0.3, -0.25) is 14.5 Å². The summed E-state index contributed by atoms with van der Waals surface area (Å²) >= 11 is 0. The monoisotopic (exact) mass is 346 g/mol. The third-order valence-electron chi connectivity index (χ3n) is 4.79. The number of aliphatic hydroxyl groups excluding tert-OH is 1. The van der Waals surface area contributed by atoms with E-state index in [1.807, 2.05) is 0 Å². The number of Topliss-reactive ketones (excluding diaryl/α,β-unsaturated/α-hetero) is 1. The Kier molecular flexibility index (Phi) is 4.51. The van der Waals surface area contributed by atoms with E-state index in [0.717, 1.165) is 17.7 Å². The van der Waals surface area contributed by atoms with Gasteiger partial charge in [0.2, 0.25) is 0 Å². The van der Waals surface area contributed by atoms with Crippen molar-refractivity contribution in [3.8, 4) is 5.75 Å². The fraction of sp³-hybridized carbons (Fsp3) is 0.500. The van der Waals surface area contributed by atoms with Crippen LogP contribution < -0.4 is 10.1 Å². The van der Waals surface area contributed by atoms with Gasteiger partial charge in [-0.05, 0) is 56.9 Å². The van der Waals surface area contributed by atoms with E-state index in [1.165, 1.54) is 6.92 Å². The molecule has 0 spiro atoms. The van der Waals surface area contributed by atoms with Gasteiger partial charge in [-0.15, -0.1) is 0 Å². The number of carbonyl (C=O) groups is 3. The second-order valence-corrected chi connectivity index (χ2v) is 6.87. The van der Waals surface area contributed by atoms with E-state index in [1.54, 1.807) is 31.2 Å². The predicted octanol–water partition coefficient (Wildman–Crippen LogP) is 1.35. The zero-order valence-electron chi connectivity index (χ0n) is 14.3. The minimum Gasteiger partial charge on any atom is -0.491 e. The first kappa shape index (κ1) is 17.4. The van der Waals surface area contributed by atoms with E-state index in [4.69, 9.17) is 4.74 Å². The number of imide groups is 1. The Balaban J connectivity index is 1.54. The molecule has 1 heterocycles. The van der Waals surface area contributed by atoms with Gasteiger partial charge in [0.1, 0.15) is 24.0 Å². The molecule has 2 fully saturated rings. The van der Waals surface area contributed by atoms with Crippen molar-refractivity contribution in [2.24, 2.45) is 5.92 Å². The van der Waals surface area contributed by atoms with Crippen molar-refractivity contribution >= 4 is 17.7 Å². The number of benzene rings is 1. The molecule has 2 N–H and O–H groups in total. The number of hydrogen-bond acceptors (Lipinski definition) is 5. The van der Waals surface area contributed by atoms with Gasteiger partial charge < -0.3 is 15.2 Å². The summed E-state index contributed by atoms with van der Waals surface area (Å²) < 4.78 is 5.46. The summed E-state index contributed by atoms with van der Waals surface area (Å²) in [5.74, 6) is 0.361. The number of ether oxygens (including phenoxy) is 1. The van der Waals surface area contributed by atoms with Crippen molar-refractivity contribution in [2.75, 3.05) is 13.2 Å². The van der Waals surface area contributed by atoms with Crippen LogP contribution in [0.5, 0.6) is 5.75 Å². The maximum absolute atomic E-state index is 12.5. The SMILES string of the molecule is CC(=O)c1ccc(OCC(O)CN2C(=O)NC(C)(C3CC3)C2=O)cc1. The normalized spacial score (nSPS) is 24.2. The van der Waals surface area contributed by atoms with Crippen LogP contribution >= 0.6 is 0 Å². The molecule has 1 aromatic rings. The van der Waals surface area contributed by atoms with E-state index in [-0.39, 0.29) is 30.8 Å². The molecule has 1 aromatic carbocycles. The highest BCUT2D eigenvalue weighted by atomic mass is 16.5. The van der Waals surface area contributed by atoms with E-state index in [2.05, 4.69) is 5.32 Å². The van der Waals surface area contributed by atoms with E-state index in [9.17, 15) is 19.5 Å². The molecule has 1 saturated carbocycles. The number of nitrogens with one attached hydrogen (secondary N) is 1. The molecule has 1 aliphatic carbocycles. The summed E-state index contributed by atoms with van der Waals surface area (Å²) in [5.41, 5.74) is -0.271. The smallest absolute Gasteiger partial charge is 0.325 e. The lowest BCUT2D eigenvalue weighted by molar-refractivity contribution is -0.132. The topological polar surface area (TPSA) is 95.9 Å². The second-order valence-electron chi connectivity index (χ2n) is 6.87. The second kappa shape index (κ2) is 6.48. The molecule has 0 aromatic heterocycles. The minimum absolute atomic E-state index is 0.0381. The molecule has 2 atom stereocenters. The Morgan fingerprint density at radius 1 is 1.36 bits per heavy atom. The number of rotatable bonds is 7. The van der Waals surface area contributed by atoms with Crippen LogP contribution in [0.4, 0.5) is 4.79 Å². The Hall–Kier alpha value is -2.41. The molecule has 0 radical (unpaired) electrons. The lowest BCUT2D eigenvalue weighted by Crippen LogP contribution is -2.46. The molecule has 1 aliphatic heterocycles. The average molecular weight is 346 g/mol. The third kappa shape index (κ3) is 3.51. The van der Waals surface area contributed by atoms with Crippen LogP contribution in [0.25, 0.3) is 0 Å². The largest absolute Gasteiger partial charge is 0.491 e. The van der Waals surface area contributed by atoms with Crippen LogP contribution in [0.2, 0.25) is 0 Å². The molecule has 1 saturated heterocycles. The van der Waals surface area contributed by atoms with Crippen molar-refractivity contribution in [2.45, 2.75) is 38.3 Å². The number of β-amino-alcohol motifs (C(OH)–C–C–N with tert-alkyl or cyclic N) is 1. The molecule has 2 unspecified atom stereocenters. The fourth-order valence-corrected chi connectivity index (χ4v) is 3.06. The Morgan fingerprint density at radius 2 is 2.00 bits per heavy atom. The number of hydrogen-bond donors (Lipinski definition) is 2. The summed E-state index contributed by atoms with van der Waals surface area (Å²) in [5, 5.41) is 12.9. The van der Waals surface area contributed by atoms with Gasteiger partial charge in [0.05, 0.1) is 6.54 Å². The molecule has 134 valence electrons. The number of urea groups is 1. The predicted molar refractivity (Wildman–Crippen MR) is 89.3 cm³/mol. The number of nitrogens with zero attached hydrogens (tertiary/aromatic N) is 1. The van der Waals surface area contributed by atoms with Crippen molar-refractivity contribution in [3.05, 3.63) is 29.8 Å². The van der Waals surface area contributed by atoms with Crippen LogP contribution in [0, 0.1) is 5.92 Å². The van der Waals surface area contributed by atoms with Crippen molar-refractivity contribution in [1.82, 2.24) is 10.2 Å². The molecule has 7 nitrogen and oxygen atoms in total. The molecule has 3 rings (SSSR count). The Bertz CT molecular complexity index is 698. The lowest BCUT2D eigenvalue weighted by Gasteiger charge is -2.22. The molecule has 2 aliphatic rings. The standard InChI is InChI=1S/C18H22N2O5/c1-11(21)12-3-7-15(8-4-12)25-10-14(22)9-20-16(23)18(2,13-5-6-13)19-17(20)24/h3-4,7-8,13-14,22H,5-6,9-10H2,1-2H3,(H,19,24). The van der Waals surface area contributed by atoms with Crippen molar-refractivity contribution in [1.29, 1.82) is 0 Å². The van der Waals surface area contributed by atoms with E-state index < -0.39 is 17.7 Å². The number of carbonyl (C=O) groups excluding carboxylic acids is 3. The fourth-order valence-electron chi connectivity index (χ4n) is 3.06. The van der Waals surface area contributed by atoms with Gasteiger partial charge in [0, 0.05) is 5.56 Å². The van der Waals surface area contributed by atoms with Gasteiger partial charge in [-0.25, -0.2) is 4.79 Å². The first-order chi connectivity index (χ1) is 11.8. The van der Waals surface area contributed by atoms with Crippen LogP contribution in [-0.4, -0.2) is 52.5 Å².